The molecule has 0 radical (unpaired) electrons. The van der Waals surface area contributed by atoms with E-state index in [2.05, 4.69) is 69.9 Å². The summed E-state index contributed by atoms with van der Waals surface area (Å²) in [4.78, 5) is 14.1. The average molecular weight is 480 g/mol. The third-order valence-corrected chi connectivity index (χ3v) is 9.33. The van der Waals surface area contributed by atoms with Gasteiger partial charge in [0, 0.05) is 18.2 Å². The number of fused-ring (bicyclic) bond motifs is 1. The van der Waals surface area contributed by atoms with Crippen molar-refractivity contribution in [3.05, 3.63) is 41.5 Å². The van der Waals surface area contributed by atoms with Crippen molar-refractivity contribution >= 4 is 16.7 Å². The Bertz CT molecular complexity index is 1020. The van der Waals surface area contributed by atoms with E-state index < -0.39 is 5.97 Å². The van der Waals surface area contributed by atoms with E-state index in [0.29, 0.717) is 11.5 Å². The first kappa shape index (κ1) is 26.0. The Hall–Kier alpha value is -2.07. The molecule has 0 aromatic heterocycles. The molecule has 2 fully saturated rings. The summed E-state index contributed by atoms with van der Waals surface area (Å²) < 4.78 is 6.82. The molecule has 0 bridgehead atoms. The van der Waals surface area contributed by atoms with Gasteiger partial charge in [0.1, 0.15) is 5.75 Å². The van der Waals surface area contributed by atoms with Crippen LogP contribution in [0.5, 0.6) is 5.75 Å². The van der Waals surface area contributed by atoms with Crippen molar-refractivity contribution in [2.75, 3.05) is 6.54 Å². The summed E-state index contributed by atoms with van der Waals surface area (Å²) >= 11 is 0. The molecule has 1 N–H and O–H groups in total. The molecule has 1 heterocycles. The van der Waals surface area contributed by atoms with Crippen molar-refractivity contribution in [1.82, 2.24) is 4.90 Å². The van der Waals surface area contributed by atoms with Crippen LogP contribution in [0, 0.1) is 24.2 Å². The lowest BCUT2D eigenvalue weighted by atomic mass is 9.69. The molecule has 1 saturated carbocycles. The summed E-state index contributed by atoms with van der Waals surface area (Å²) in [6, 6.07) is 11.2. The van der Waals surface area contributed by atoms with Gasteiger partial charge in [-0.05, 0) is 92.1 Å². The zero-order chi connectivity index (χ0) is 25.2. The topological polar surface area (TPSA) is 49.8 Å². The number of carbonyl (C=O) groups is 1. The predicted molar refractivity (Wildman–Crippen MR) is 144 cm³/mol. The number of piperidine rings is 1. The van der Waals surface area contributed by atoms with E-state index >= 15 is 0 Å². The maximum absolute atomic E-state index is 11.6. The molecule has 2 unspecified atom stereocenters. The monoisotopic (exact) mass is 479 g/mol. The molecule has 4 heteroatoms. The number of carboxylic acids is 1. The van der Waals surface area contributed by atoms with Crippen LogP contribution in [0.25, 0.3) is 10.8 Å². The van der Waals surface area contributed by atoms with Gasteiger partial charge in [0.25, 0.3) is 0 Å². The standard InChI is InChI=1S/C31H45NO3/c1-6-24-19-22(30(33)34)16-17-32(24)20-28-27-11-9-8-10-26(27)21(3)18-29(28)35-25-14-12-23(13-15-25)31(4,5)7-2/h8-11,18,22-25H,6-7,12-17,19-20H2,1-5H3,(H,33,34). The highest BCUT2D eigenvalue weighted by Gasteiger charge is 2.34. The Morgan fingerprint density at radius 2 is 1.77 bits per heavy atom. The number of hydrogen-bond acceptors (Lipinski definition) is 3. The Labute approximate surface area is 212 Å². The lowest BCUT2D eigenvalue weighted by molar-refractivity contribution is -0.144. The lowest BCUT2D eigenvalue weighted by Crippen LogP contribution is -2.43. The van der Waals surface area contributed by atoms with Crippen LogP contribution in [0.2, 0.25) is 0 Å². The van der Waals surface area contributed by atoms with E-state index in [1.807, 2.05) is 0 Å². The average Bonchev–Trinajstić information content (AvgIpc) is 2.86. The van der Waals surface area contributed by atoms with Crippen molar-refractivity contribution in [1.29, 1.82) is 0 Å². The smallest absolute Gasteiger partial charge is 0.306 e. The molecule has 2 aliphatic rings. The van der Waals surface area contributed by atoms with Crippen molar-refractivity contribution < 1.29 is 14.6 Å². The second-order valence-electron chi connectivity index (χ2n) is 11.7. The van der Waals surface area contributed by atoms with Gasteiger partial charge in [0.05, 0.1) is 12.0 Å². The number of rotatable bonds is 8. The molecular weight excluding hydrogens is 434 g/mol. The summed E-state index contributed by atoms with van der Waals surface area (Å²) in [5, 5.41) is 12.1. The predicted octanol–water partition coefficient (Wildman–Crippen LogP) is 7.60. The summed E-state index contributed by atoms with van der Waals surface area (Å²) in [7, 11) is 0. The summed E-state index contributed by atoms with van der Waals surface area (Å²) in [6.45, 7) is 13.2. The molecule has 1 aliphatic carbocycles. The fraction of sp³-hybridized carbons (Fsp3) is 0.645. The first-order valence-electron chi connectivity index (χ1n) is 13.9. The van der Waals surface area contributed by atoms with Crippen molar-refractivity contribution in [2.24, 2.45) is 17.3 Å². The zero-order valence-corrected chi connectivity index (χ0v) is 22.5. The van der Waals surface area contributed by atoms with E-state index in [1.54, 1.807) is 0 Å². The second kappa shape index (κ2) is 10.9. The molecule has 35 heavy (non-hydrogen) atoms. The van der Waals surface area contributed by atoms with E-state index in [4.69, 9.17) is 4.74 Å². The Kier molecular flexibility index (Phi) is 8.10. The van der Waals surface area contributed by atoms with Gasteiger partial charge in [-0.15, -0.1) is 0 Å². The summed E-state index contributed by atoms with van der Waals surface area (Å²) in [5.41, 5.74) is 2.94. The fourth-order valence-electron chi connectivity index (χ4n) is 6.44. The molecule has 4 nitrogen and oxygen atoms in total. The van der Waals surface area contributed by atoms with Gasteiger partial charge in [-0.1, -0.05) is 58.4 Å². The Morgan fingerprint density at radius 3 is 2.40 bits per heavy atom. The Balaban J connectivity index is 1.58. The number of carboxylic acid groups (broad SMARTS) is 1. The number of benzene rings is 2. The van der Waals surface area contributed by atoms with Crippen molar-refractivity contribution in [3.8, 4) is 5.75 Å². The van der Waals surface area contributed by atoms with Gasteiger partial charge < -0.3 is 9.84 Å². The van der Waals surface area contributed by atoms with Gasteiger partial charge in [0.2, 0.25) is 0 Å². The number of nitrogens with zero attached hydrogens (tertiary/aromatic N) is 1. The van der Waals surface area contributed by atoms with Crippen LogP contribution in [0.3, 0.4) is 0 Å². The van der Waals surface area contributed by atoms with Crippen molar-refractivity contribution in [3.63, 3.8) is 0 Å². The van der Waals surface area contributed by atoms with Gasteiger partial charge in [-0.25, -0.2) is 0 Å². The molecule has 1 saturated heterocycles. The minimum Gasteiger partial charge on any atom is -0.490 e. The molecule has 1 aliphatic heterocycles. The minimum atomic E-state index is -0.644. The molecule has 0 spiro atoms. The first-order valence-corrected chi connectivity index (χ1v) is 13.9. The van der Waals surface area contributed by atoms with Crippen LogP contribution in [-0.2, 0) is 11.3 Å². The highest BCUT2D eigenvalue weighted by molar-refractivity contribution is 5.90. The maximum Gasteiger partial charge on any atom is 0.306 e. The molecule has 2 atom stereocenters. The Morgan fingerprint density at radius 1 is 1.09 bits per heavy atom. The van der Waals surface area contributed by atoms with Crippen LogP contribution >= 0.6 is 0 Å². The van der Waals surface area contributed by atoms with Crippen LogP contribution in [0.1, 0.15) is 90.2 Å². The molecular formula is C31H45NO3. The van der Waals surface area contributed by atoms with Crippen LogP contribution in [0.15, 0.2) is 30.3 Å². The first-order chi connectivity index (χ1) is 16.7. The molecule has 192 valence electrons. The second-order valence-corrected chi connectivity index (χ2v) is 11.7. The summed E-state index contributed by atoms with van der Waals surface area (Å²) in [6.07, 6.45) is 8.68. The largest absolute Gasteiger partial charge is 0.490 e. The zero-order valence-electron chi connectivity index (χ0n) is 22.5. The van der Waals surface area contributed by atoms with E-state index in [1.165, 1.54) is 41.2 Å². The number of hydrogen-bond donors (Lipinski definition) is 1. The van der Waals surface area contributed by atoms with Crippen molar-refractivity contribution in [2.45, 2.75) is 105 Å². The number of aliphatic carboxylic acids is 1. The molecule has 2 aromatic carbocycles. The quantitative estimate of drug-likeness (QED) is 0.423. The van der Waals surface area contributed by atoms with Gasteiger partial charge in [-0.2, -0.15) is 0 Å². The van der Waals surface area contributed by atoms with Crippen LogP contribution in [0.4, 0.5) is 0 Å². The van der Waals surface area contributed by atoms with Gasteiger partial charge in [-0.3, -0.25) is 9.69 Å². The maximum atomic E-state index is 11.6. The fourth-order valence-corrected chi connectivity index (χ4v) is 6.44. The molecule has 4 rings (SSSR count). The van der Waals surface area contributed by atoms with Gasteiger partial charge >= 0.3 is 5.97 Å². The third-order valence-electron chi connectivity index (χ3n) is 9.33. The van der Waals surface area contributed by atoms with Crippen LogP contribution < -0.4 is 4.74 Å². The molecule has 2 aromatic rings. The summed E-state index contributed by atoms with van der Waals surface area (Å²) in [5.74, 6) is 0.958. The molecule has 0 amide bonds. The lowest BCUT2D eigenvalue weighted by Gasteiger charge is -2.40. The van der Waals surface area contributed by atoms with E-state index in [0.717, 1.165) is 56.9 Å². The normalized spacial score (nSPS) is 26.1. The highest BCUT2D eigenvalue weighted by atomic mass is 16.5. The number of ether oxygens (including phenoxy) is 1. The third kappa shape index (κ3) is 5.69. The van der Waals surface area contributed by atoms with Crippen LogP contribution in [-0.4, -0.2) is 34.7 Å². The number of aryl methyl sites for hydroxylation is 1. The minimum absolute atomic E-state index is 0.218. The SMILES string of the molecule is CCC1CC(C(=O)O)CCN1Cc1c(OC2CCC(C(C)(C)CC)CC2)cc(C)c2ccccc12. The number of likely N-dealkylation sites (tertiary alicyclic amines) is 1. The van der Waals surface area contributed by atoms with E-state index in [9.17, 15) is 9.90 Å². The van der Waals surface area contributed by atoms with Gasteiger partial charge in [0.15, 0.2) is 0 Å². The highest BCUT2D eigenvalue weighted by Crippen LogP contribution is 2.42. The van der Waals surface area contributed by atoms with E-state index in [-0.39, 0.29) is 12.0 Å².